The minimum absolute atomic E-state index is 0.0392. The molecule has 2 aliphatic heterocycles. The summed E-state index contributed by atoms with van der Waals surface area (Å²) in [5.41, 5.74) is 2.21. The SMILES string of the molecule is C=CC[C@H]1O[C@@H](COCc2ccccc2)[C@H](OCc2ccccc2)C=C[C@@H]1OC(CO[Si](C)(C)C(C)(C)C)[C@H]1O[C@@H]1C=C. The maximum absolute atomic E-state index is 6.80. The van der Waals surface area contributed by atoms with Gasteiger partial charge in [-0.2, -0.15) is 0 Å². The molecule has 7 heteroatoms. The standard InChI is InChI=1S/C36H50O6Si/c1-8-16-31-32(41-34(35-29(9-2)42-35)26-39-43(6,7)36(3,4)5)22-21-30(38-24-28-19-14-11-15-20-28)33(40-31)25-37-23-27-17-12-10-13-18-27/h8-15,17-22,29-35H,1-2,16,23-26H2,3-7H3/t29-,30-,31-,32+,33+,34?,35+/m1/s1. The molecule has 1 saturated heterocycles. The number of benzene rings is 2. The molecule has 0 radical (unpaired) electrons. The van der Waals surface area contributed by atoms with Crippen LogP contribution in [0.25, 0.3) is 0 Å². The predicted octanol–water partition coefficient (Wildman–Crippen LogP) is 7.42. The molecule has 4 rings (SSSR count). The first-order chi connectivity index (χ1) is 20.6. The summed E-state index contributed by atoms with van der Waals surface area (Å²) in [6, 6.07) is 20.3. The van der Waals surface area contributed by atoms with E-state index >= 15 is 0 Å². The van der Waals surface area contributed by atoms with Crippen molar-refractivity contribution < 1.29 is 28.1 Å². The average Bonchev–Trinajstić information content (AvgIpc) is 3.79. The Morgan fingerprint density at radius 2 is 1.49 bits per heavy atom. The maximum atomic E-state index is 6.80. The van der Waals surface area contributed by atoms with E-state index < -0.39 is 8.32 Å². The zero-order valence-electron chi connectivity index (χ0n) is 26.5. The molecule has 2 aromatic carbocycles. The summed E-state index contributed by atoms with van der Waals surface area (Å²) in [6.07, 6.45) is 6.79. The normalized spacial score (nSPS) is 26.4. The van der Waals surface area contributed by atoms with E-state index in [2.05, 4.69) is 83.4 Å². The monoisotopic (exact) mass is 606 g/mol. The van der Waals surface area contributed by atoms with Crippen molar-refractivity contribution in [2.75, 3.05) is 13.2 Å². The summed E-state index contributed by atoms with van der Waals surface area (Å²) in [5.74, 6) is 0. The van der Waals surface area contributed by atoms with Crippen molar-refractivity contribution in [1.29, 1.82) is 0 Å². The van der Waals surface area contributed by atoms with Crippen LogP contribution in [0.5, 0.6) is 0 Å². The lowest BCUT2D eigenvalue weighted by Gasteiger charge is -2.37. The van der Waals surface area contributed by atoms with Crippen LogP contribution in [0.15, 0.2) is 98.1 Å². The molecule has 234 valence electrons. The Labute approximate surface area is 259 Å². The number of epoxide rings is 1. The molecule has 43 heavy (non-hydrogen) atoms. The molecule has 1 fully saturated rings. The van der Waals surface area contributed by atoms with Gasteiger partial charge in [0, 0.05) is 0 Å². The van der Waals surface area contributed by atoms with Crippen LogP contribution in [0.3, 0.4) is 0 Å². The molecule has 0 saturated carbocycles. The lowest BCUT2D eigenvalue weighted by atomic mass is 10.1. The van der Waals surface area contributed by atoms with Gasteiger partial charge in [0.05, 0.1) is 32.5 Å². The highest BCUT2D eigenvalue weighted by Gasteiger charge is 2.47. The Balaban J connectivity index is 1.51. The van der Waals surface area contributed by atoms with E-state index in [4.69, 9.17) is 28.1 Å². The second-order valence-electron chi connectivity index (χ2n) is 12.9. The van der Waals surface area contributed by atoms with Crippen molar-refractivity contribution >= 4 is 8.32 Å². The Bertz CT molecular complexity index is 1160. The molecular formula is C36H50O6Si. The largest absolute Gasteiger partial charge is 0.414 e. The molecule has 0 aliphatic carbocycles. The van der Waals surface area contributed by atoms with E-state index in [1.54, 1.807) is 0 Å². The van der Waals surface area contributed by atoms with Crippen LogP contribution in [-0.4, -0.2) is 64.3 Å². The van der Waals surface area contributed by atoms with Crippen molar-refractivity contribution in [2.24, 2.45) is 0 Å². The molecular weight excluding hydrogens is 556 g/mol. The first kappa shape index (κ1) is 33.5. The second kappa shape index (κ2) is 15.6. The van der Waals surface area contributed by atoms with Crippen LogP contribution >= 0.6 is 0 Å². The van der Waals surface area contributed by atoms with Crippen LogP contribution in [-0.2, 0) is 41.3 Å². The van der Waals surface area contributed by atoms with Gasteiger partial charge in [-0.1, -0.05) is 106 Å². The minimum Gasteiger partial charge on any atom is -0.414 e. The van der Waals surface area contributed by atoms with Gasteiger partial charge in [-0.05, 0) is 35.7 Å². The van der Waals surface area contributed by atoms with E-state index in [0.29, 0.717) is 32.8 Å². The fourth-order valence-corrected chi connectivity index (χ4v) is 5.82. The first-order valence-corrected chi connectivity index (χ1v) is 18.3. The van der Waals surface area contributed by atoms with Crippen LogP contribution in [0, 0.1) is 0 Å². The summed E-state index contributed by atoms with van der Waals surface area (Å²) in [7, 11) is -2.00. The predicted molar refractivity (Wildman–Crippen MR) is 174 cm³/mol. The van der Waals surface area contributed by atoms with Crippen LogP contribution < -0.4 is 0 Å². The molecule has 2 aromatic rings. The summed E-state index contributed by atoms with van der Waals surface area (Å²) in [4.78, 5) is 0. The van der Waals surface area contributed by atoms with Gasteiger partial charge in [-0.3, -0.25) is 0 Å². The van der Waals surface area contributed by atoms with E-state index in [9.17, 15) is 0 Å². The molecule has 0 N–H and O–H groups in total. The molecule has 1 unspecified atom stereocenters. The van der Waals surface area contributed by atoms with Crippen molar-refractivity contribution in [3.05, 3.63) is 109 Å². The first-order valence-electron chi connectivity index (χ1n) is 15.4. The third-order valence-corrected chi connectivity index (χ3v) is 13.1. The molecule has 2 heterocycles. The van der Waals surface area contributed by atoms with Crippen molar-refractivity contribution in [3.63, 3.8) is 0 Å². The molecule has 7 atom stereocenters. The van der Waals surface area contributed by atoms with Crippen molar-refractivity contribution in [1.82, 2.24) is 0 Å². The van der Waals surface area contributed by atoms with Gasteiger partial charge in [0.25, 0.3) is 0 Å². The highest BCUT2D eigenvalue weighted by Crippen LogP contribution is 2.38. The van der Waals surface area contributed by atoms with Crippen molar-refractivity contribution in [2.45, 2.75) is 101 Å². The van der Waals surface area contributed by atoms with Crippen LogP contribution in [0.4, 0.5) is 0 Å². The Morgan fingerprint density at radius 3 is 2.07 bits per heavy atom. The summed E-state index contributed by atoms with van der Waals surface area (Å²) in [6.45, 7) is 21.0. The van der Waals surface area contributed by atoms with E-state index in [-0.39, 0.29) is 47.8 Å². The smallest absolute Gasteiger partial charge is 0.192 e. The number of ether oxygens (including phenoxy) is 5. The lowest BCUT2D eigenvalue weighted by molar-refractivity contribution is -0.152. The highest BCUT2D eigenvalue weighted by molar-refractivity contribution is 6.74. The Hall–Kier alpha value is -2.36. The lowest BCUT2D eigenvalue weighted by Crippen LogP contribution is -2.46. The van der Waals surface area contributed by atoms with Gasteiger partial charge in [-0.15, -0.1) is 13.2 Å². The van der Waals surface area contributed by atoms with Gasteiger partial charge in [0.2, 0.25) is 0 Å². The van der Waals surface area contributed by atoms with Gasteiger partial charge >= 0.3 is 0 Å². The quantitative estimate of drug-likeness (QED) is 0.113. The maximum Gasteiger partial charge on any atom is 0.192 e. The zero-order chi connectivity index (χ0) is 30.9. The molecule has 0 amide bonds. The zero-order valence-corrected chi connectivity index (χ0v) is 27.5. The van der Waals surface area contributed by atoms with Crippen LogP contribution in [0.2, 0.25) is 18.1 Å². The highest BCUT2D eigenvalue weighted by atomic mass is 28.4. The Kier molecular flexibility index (Phi) is 12.1. The summed E-state index contributed by atoms with van der Waals surface area (Å²) >= 11 is 0. The number of rotatable bonds is 16. The van der Waals surface area contributed by atoms with Gasteiger partial charge in [0.1, 0.15) is 36.6 Å². The molecule has 0 bridgehead atoms. The fraction of sp³-hybridized carbons (Fsp3) is 0.500. The van der Waals surface area contributed by atoms with Gasteiger partial charge in [0.15, 0.2) is 8.32 Å². The second-order valence-corrected chi connectivity index (χ2v) is 17.7. The summed E-state index contributed by atoms with van der Waals surface area (Å²) in [5, 5.41) is 0.0901. The summed E-state index contributed by atoms with van der Waals surface area (Å²) < 4.78 is 38.7. The molecule has 0 aromatic heterocycles. The molecule has 0 spiro atoms. The molecule has 6 nitrogen and oxygen atoms in total. The third kappa shape index (κ3) is 9.81. The van der Waals surface area contributed by atoms with Gasteiger partial charge in [-0.25, -0.2) is 0 Å². The number of hydrogen-bond acceptors (Lipinski definition) is 6. The molecule has 2 aliphatic rings. The van der Waals surface area contributed by atoms with E-state index in [1.165, 1.54) is 0 Å². The van der Waals surface area contributed by atoms with E-state index in [1.807, 2.05) is 48.6 Å². The van der Waals surface area contributed by atoms with E-state index in [0.717, 1.165) is 11.1 Å². The topological polar surface area (TPSA) is 58.7 Å². The third-order valence-electron chi connectivity index (χ3n) is 8.56. The minimum atomic E-state index is -2.00. The van der Waals surface area contributed by atoms with Crippen molar-refractivity contribution in [3.8, 4) is 0 Å². The number of hydrogen-bond donors (Lipinski definition) is 0. The van der Waals surface area contributed by atoms with Gasteiger partial charge < -0.3 is 28.1 Å². The Morgan fingerprint density at radius 1 is 0.860 bits per heavy atom. The average molecular weight is 607 g/mol. The fourth-order valence-electron chi connectivity index (χ4n) is 4.81. The van der Waals surface area contributed by atoms with Crippen LogP contribution in [0.1, 0.15) is 38.3 Å².